The number of thiophene rings is 1. The summed E-state index contributed by atoms with van der Waals surface area (Å²) in [6.45, 7) is 2.22. The van der Waals surface area contributed by atoms with Crippen LogP contribution in [-0.4, -0.2) is 49.1 Å². The minimum Gasteiger partial charge on any atom is -0.338 e. The lowest BCUT2D eigenvalue weighted by Gasteiger charge is -2.32. The van der Waals surface area contributed by atoms with Gasteiger partial charge >= 0.3 is 0 Å². The number of carbonyl (C=O) groups is 1. The van der Waals surface area contributed by atoms with Gasteiger partial charge in [-0.15, -0.1) is 21.5 Å². The largest absolute Gasteiger partial charge is 0.338 e. The molecular formula is C17H18N6OS. The van der Waals surface area contributed by atoms with Crippen LogP contribution in [0.15, 0.2) is 42.0 Å². The van der Waals surface area contributed by atoms with Crippen LogP contribution in [0.2, 0.25) is 0 Å². The van der Waals surface area contributed by atoms with Crippen molar-refractivity contribution in [3.05, 3.63) is 46.9 Å². The summed E-state index contributed by atoms with van der Waals surface area (Å²) in [5, 5.41) is 14.6. The molecule has 1 fully saturated rings. The minimum atomic E-state index is 0.127. The number of hydrogen-bond donors (Lipinski definition) is 0. The molecular weight excluding hydrogens is 336 g/mol. The van der Waals surface area contributed by atoms with Crippen molar-refractivity contribution in [2.45, 2.75) is 19.4 Å². The Morgan fingerprint density at radius 3 is 3.08 bits per heavy atom. The lowest BCUT2D eigenvalue weighted by atomic mass is 9.98. The Labute approximate surface area is 149 Å². The van der Waals surface area contributed by atoms with Gasteiger partial charge in [-0.05, 0) is 47.6 Å². The zero-order valence-corrected chi connectivity index (χ0v) is 14.5. The molecule has 7 nitrogen and oxygen atoms in total. The number of nitrogens with zero attached hydrogens (tertiary/aromatic N) is 6. The normalized spacial score (nSPS) is 17.6. The quantitative estimate of drug-likeness (QED) is 0.719. The number of likely N-dealkylation sites (tertiary alicyclic amines) is 1. The van der Waals surface area contributed by atoms with Gasteiger partial charge < -0.3 is 4.90 Å². The first-order chi connectivity index (χ1) is 12.3. The highest BCUT2D eigenvalue weighted by molar-refractivity contribution is 7.12. The summed E-state index contributed by atoms with van der Waals surface area (Å²) in [5.74, 6) is 1.05. The number of amides is 1. The Morgan fingerprint density at radius 2 is 2.28 bits per heavy atom. The van der Waals surface area contributed by atoms with Crippen LogP contribution in [0.5, 0.6) is 0 Å². The maximum absolute atomic E-state index is 12.5. The van der Waals surface area contributed by atoms with Gasteiger partial charge in [0, 0.05) is 31.0 Å². The fraction of sp³-hybridized carbons (Fsp3) is 0.353. The maximum atomic E-state index is 12.5. The van der Waals surface area contributed by atoms with Gasteiger partial charge in [0.2, 0.25) is 5.82 Å². The summed E-state index contributed by atoms with van der Waals surface area (Å²) >= 11 is 1.49. The average Bonchev–Trinajstić information content (AvgIpc) is 3.34. The van der Waals surface area contributed by atoms with Crippen LogP contribution >= 0.6 is 11.3 Å². The molecule has 0 saturated carbocycles. The molecule has 1 atom stereocenters. The third-order valence-corrected chi connectivity index (χ3v) is 5.19. The first-order valence-electron chi connectivity index (χ1n) is 8.30. The standard InChI is InChI=1S/C17H18N6OS/c24-17(15-6-3-9-25-15)22-8-2-4-13(11-22)12-23-20-16(19-21-23)14-5-1-7-18-10-14/h1,3,5-7,9-10,13H,2,4,8,11-12H2/t13-/m1/s1. The van der Waals surface area contributed by atoms with Crippen molar-refractivity contribution >= 4 is 17.2 Å². The van der Waals surface area contributed by atoms with Gasteiger partial charge in [-0.1, -0.05) is 6.07 Å². The van der Waals surface area contributed by atoms with E-state index in [1.54, 1.807) is 17.2 Å². The third-order valence-electron chi connectivity index (χ3n) is 4.33. The van der Waals surface area contributed by atoms with Crippen molar-refractivity contribution in [2.75, 3.05) is 13.1 Å². The topological polar surface area (TPSA) is 76.8 Å². The van der Waals surface area contributed by atoms with Crippen molar-refractivity contribution in [3.63, 3.8) is 0 Å². The first kappa shape index (κ1) is 15.9. The molecule has 0 radical (unpaired) electrons. The number of tetrazole rings is 1. The van der Waals surface area contributed by atoms with E-state index in [0.29, 0.717) is 18.3 Å². The fourth-order valence-electron chi connectivity index (χ4n) is 3.12. The highest BCUT2D eigenvalue weighted by atomic mass is 32.1. The molecule has 128 valence electrons. The van der Waals surface area contributed by atoms with E-state index in [9.17, 15) is 4.79 Å². The molecule has 4 rings (SSSR count). The van der Waals surface area contributed by atoms with Gasteiger partial charge in [0.1, 0.15) is 0 Å². The zero-order chi connectivity index (χ0) is 17.1. The molecule has 1 aliphatic heterocycles. The third kappa shape index (κ3) is 3.58. The fourth-order valence-corrected chi connectivity index (χ4v) is 3.81. The summed E-state index contributed by atoms with van der Waals surface area (Å²) in [6, 6.07) is 7.57. The van der Waals surface area contributed by atoms with Crippen molar-refractivity contribution in [2.24, 2.45) is 5.92 Å². The van der Waals surface area contributed by atoms with E-state index in [1.165, 1.54) is 11.3 Å². The number of rotatable bonds is 4. The van der Waals surface area contributed by atoms with E-state index < -0.39 is 0 Å². The highest BCUT2D eigenvalue weighted by Gasteiger charge is 2.25. The highest BCUT2D eigenvalue weighted by Crippen LogP contribution is 2.21. The van der Waals surface area contributed by atoms with Crippen molar-refractivity contribution in [1.82, 2.24) is 30.1 Å². The number of carbonyl (C=O) groups excluding carboxylic acids is 1. The predicted molar refractivity (Wildman–Crippen MR) is 94.0 cm³/mol. The SMILES string of the molecule is O=C(c1cccs1)N1CCC[C@@H](Cn2nnc(-c3cccnc3)n2)C1. The zero-order valence-electron chi connectivity index (χ0n) is 13.7. The summed E-state index contributed by atoms with van der Waals surface area (Å²) in [6.07, 6.45) is 5.52. The van der Waals surface area contributed by atoms with Crippen LogP contribution in [0.3, 0.4) is 0 Å². The van der Waals surface area contributed by atoms with E-state index >= 15 is 0 Å². The van der Waals surface area contributed by atoms with Crippen LogP contribution in [0.1, 0.15) is 22.5 Å². The molecule has 1 saturated heterocycles. The second-order valence-electron chi connectivity index (χ2n) is 6.15. The molecule has 4 heterocycles. The van der Waals surface area contributed by atoms with Crippen molar-refractivity contribution in [1.29, 1.82) is 0 Å². The van der Waals surface area contributed by atoms with E-state index in [4.69, 9.17) is 0 Å². The molecule has 1 amide bonds. The smallest absolute Gasteiger partial charge is 0.263 e. The van der Waals surface area contributed by atoms with E-state index in [0.717, 1.165) is 36.4 Å². The molecule has 3 aromatic heterocycles. The van der Waals surface area contributed by atoms with Crippen LogP contribution < -0.4 is 0 Å². The van der Waals surface area contributed by atoms with Crippen LogP contribution in [0, 0.1) is 5.92 Å². The summed E-state index contributed by atoms with van der Waals surface area (Å²) in [7, 11) is 0. The summed E-state index contributed by atoms with van der Waals surface area (Å²) in [5.41, 5.74) is 0.854. The molecule has 0 spiro atoms. The van der Waals surface area contributed by atoms with Gasteiger partial charge in [-0.2, -0.15) is 4.80 Å². The second-order valence-corrected chi connectivity index (χ2v) is 7.09. The van der Waals surface area contributed by atoms with Gasteiger partial charge in [-0.25, -0.2) is 0 Å². The van der Waals surface area contributed by atoms with E-state index in [1.807, 2.05) is 34.5 Å². The minimum absolute atomic E-state index is 0.127. The van der Waals surface area contributed by atoms with E-state index in [-0.39, 0.29) is 5.91 Å². The van der Waals surface area contributed by atoms with E-state index in [2.05, 4.69) is 20.4 Å². The van der Waals surface area contributed by atoms with Gasteiger partial charge in [0.15, 0.2) is 0 Å². The average molecular weight is 354 g/mol. The second kappa shape index (κ2) is 7.10. The number of pyridine rings is 1. The lowest BCUT2D eigenvalue weighted by molar-refractivity contribution is 0.0661. The maximum Gasteiger partial charge on any atom is 0.263 e. The molecule has 25 heavy (non-hydrogen) atoms. The van der Waals surface area contributed by atoms with Crippen molar-refractivity contribution < 1.29 is 4.79 Å². The predicted octanol–water partition coefficient (Wildman–Crippen LogP) is 2.35. The first-order valence-corrected chi connectivity index (χ1v) is 9.18. The van der Waals surface area contributed by atoms with Crippen LogP contribution in [0.4, 0.5) is 0 Å². The Balaban J connectivity index is 1.41. The van der Waals surface area contributed by atoms with Gasteiger partial charge in [-0.3, -0.25) is 9.78 Å². The monoisotopic (exact) mass is 354 g/mol. The van der Waals surface area contributed by atoms with Gasteiger partial charge in [0.25, 0.3) is 5.91 Å². The molecule has 0 bridgehead atoms. The Bertz CT molecular complexity index is 832. The molecule has 0 unspecified atom stereocenters. The van der Waals surface area contributed by atoms with Crippen molar-refractivity contribution in [3.8, 4) is 11.4 Å². The van der Waals surface area contributed by atoms with Crippen LogP contribution in [0.25, 0.3) is 11.4 Å². The number of piperidine rings is 1. The lowest BCUT2D eigenvalue weighted by Crippen LogP contribution is -2.41. The molecule has 0 aliphatic carbocycles. The molecule has 1 aliphatic rings. The molecule has 0 aromatic carbocycles. The summed E-state index contributed by atoms with van der Waals surface area (Å²) < 4.78 is 0. The molecule has 8 heteroatoms. The Morgan fingerprint density at radius 1 is 1.32 bits per heavy atom. The summed E-state index contributed by atoms with van der Waals surface area (Å²) in [4.78, 5) is 21.0. The molecule has 3 aromatic rings. The van der Waals surface area contributed by atoms with Gasteiger partial charge in [0.05, 0.1) is 11.4 Å². The Hall–Kier alpha value is -2.61. The molecule has 0 N–H and O–H groups in total. The van der Waals surface area contributed by atoms with Crippen LogP contribution in [-0.2, 0) is 6.54 Å². The number of hydrogen-bond acceptors (Lipinski definition) is 6. The number of aromatic nitrogens is 5. The Kier molecular flexibility index (Phi) is 4.51.